The molecule has 1 amide bonds. The standard InChI is InChI=1S/C21H22N2O4/c1-26-19(24)21(23-20(25)27-2,12-15-8-4-3-5-9-15)13-16-14-22-18-11-7-6-10-17(16)18/h3-11,14,22H,12-13H2,1-2H3,(H,23,25)/t21-/m0/s1. The van der Waals surface area contributed by atoms with Gasteiger partial charge in [0.05, 0.1) is 14.2 Å². The maximum absolute atomic E-state index is 12.8. The minimum atomic E-state index is -1.30. The fraction of sp³-hybridized carbons (Fsp3) is 0.238. The van der Waals surface area contributed by atoms with Crippen molar-refractivity contribution in [3.05, 3.63) is 71.9 Å². The van der Waals surface area contributed by atoms with Crippen molar-refractivity contribution in [2.24, 2.45) is 0 Å². The summed E-state index contributed by atoms with van der Waals surface area (Å²) in [5.74, 6) is -0.526. The number of alkyl carbamates (subject to hydrolysis) is 1. The number of hydrogen-bond donors (Lipinski definition) is 2. The second kappa shape index (κ2) is 7.95. The third-order valence-corrected chi connectivity index (χ3v) is 4.62. The zero-order valence-corrected chi connectivity index (χ0v) is 15.3. The minimum absolute atomic E-state index is 0.258. The van der Waals surface area contributed by atoms with Crippen molar-refractivity contribution in [1.82, 2.24) is 10.3 Å². The molecule has 0 aliphatic rings. The van der Waals surface area contributed by atoms with Gasteiger partial charge in [-0.05, 0) is 17.2 Å². The Bertz CT molecular complexity index is 936. The van der Waals surface area contributed by atoms with E-state index in [1.807, 2.05) is 60.8 Å². The number of methoxy groups -OCH3 is 2. The number of esters is 1. The molecule has 0 saturated carbocycles. The Morgan fingerprint density at radius 2 is 1.67 bits per heavy atom. The van der Waals surface area contributed by atoms with Crippen LogP contribution in [-0.2, 0) is 27.1 Å². The van der Waals surface area contributed by atoms with Crippen molar-refractivity contribution in [2.75, 3.05) is 14.2 Å². The molecule has 0 spiro atoms. The molecule has 1 aromatic heterocycles. The molecule has 0 unspecified atom stereocenters. The van der Waals surface area contributed by atoms with Gasteiger partial charge in [0.1, 0.15) is 5.54 Å². The lowest BCUT2D eigenvalue weighted by Crippen LogP contribution is -2.58. The smallest absolute Gasteiger partial charge is 0.407 e. The van der Waals surface area contributed by atoms with E-state index >= 15 is 0 Å². The van der Waals surface area contributed by atoms with Gasteiger partial charge in [0.2, 0.25) is 0 Å². The predicted molar refractivity (Wildman–Crippen MR) is 102 cm³/mol. The molecule has 6 heteroatoms. The summed E-state index contributed by atoms with van der Waals surface area (Å²) < 4.78 is 9.85. The molecule has 0 bridgehead atoms. The van der Waals surface area contributed by atoms with Crippen molar-refractivity contribution in [1.29, 1.82) is 0 Å². The molecule has 0 aliphatic carbocycles. The van der Waals surface area contributed by atoms with Crippen LogP contribution in [0.2, 0.25) is 0 Å². The fourth-order valence-electron chi connectivity index (χ4n) is 3.34. The lowest BCUT2D eigenvalue weighted by Gasteiger charge is -2.31. The maximum Gasteiger partial charge on any atom is 0.407 e. The Morgan fingerprint density at radius 3 is 2.37 bits per heavy atom. The molecule has 0 fully saturated rings. The van der Waals surface area contributed by atoms with Crippen LogP contribution >= 0.6 is 0 Å². The second-order valence-electron chi connectivity index (χ2n) is 6.39. The van der Waals surface area contributed by atoms with Gasteiger partial charge in [-0.25, -0.2) is 9.59 Å². The summed E-state index contributed by atoms with van der Waals surface area (Å²) in [5.41, 5.74) is 1.47. The first-order chi connectivity index (χ1) is 13.1. The summed E-state index contributed by atoms with van der Waals surface area (Å²) in [6.45, 7) is 0. The molecular weight excluding hydrogens is 344 g/mol. The number of fused-ring (bicyclic) bond motifs is 1. The lowest BCUT2D eigenvalue weighted by atomic mass is 9.84. The summed E-state index contributed by atoms with van der Waals surface area (Å²) in [5, 5.41) is 3.72. The predicted octanol–water partition coefficient (Wildman–Crippen LogP) is 3.22. The van der Waals surface area contributed by atoms with E-state index in [1.165, 1.54) is 14.2 Å². The zero-order valence-electron chi connectivity index (χ0n) is 15.3. The number of nitrogens with one attached hydrogen (secondary N) is 2. The summed E-state index contributed by atoms with van der Waals surface area (Å²) >= 11 is 0. The van der Waals surface area contributed by atoms with E-state index in [4.69, 9.17) is 9.47 Å². The number of carbonyl (C=O) groups excluding carboxylic acids is 2. The number of hydrogen-bond acceptors (Lipinski definition) is 4. The SMILES string of the molecule is COC(=O)N[C@@](Cc1ccccc1)(Cc1c[nH]c2ccccc12)C(=O)OC. The van der Waals surface area contributed by atoms with Crippen LogP contribution in [0.3, 0.4) is 0 Å². The van der Waals surface area contributed by atoms with Crippen LogP contribution in [0.25, 0.3) is 10.9 Å². The van der Waals surface area contributed by atoms with Crippen LogP contribution in [0.1, 0.15) is 11.1 Å². The van der Waals surface area contributed by atoms with Gasteiger partial charge in [0.15, 0.2) is 0 Å². The number of amides is 1. The highest BCUT2D eigenvalue weighted by Gasteiger charge is 2.42. The summed E-state index contributed by atoms with van der Waals surface area (Å²) in [6.07, 6.45) is 1.70. The van der Waals surface area contributed by atoms with E-state index in [-0.39, 0.29) is 12.8 Å². The molecule has 27 heavy (non-hydrogen) atoms. The number of carbonyl (C=O) groups is 2. The summed E-state index contributed by atoms with van der Waals surface area (Å²) in [6, 6.07) is 17.3. The number of para-hydroxylation sites is 1. The van der Waals surface area contributed by atoms with E-state index in [9.17, 15) is 9.59 Å². The Balaban J connectivity index is 2.05. The van der Waals surface area contributed by atoms with E-state index in [2.05, 4.69) is 10.3 Å². The van der Waals surface area contributed by atoms with Gasteiger partial charge >= 0.3 is 12.1 Å². The minimum Gasteiger partial charge on any atom is -0.467 e. The highest BCUT2D eigenvalue weighted by atomic mass is 16.5. The van der Waals surface area contributed by atoms with Crippen LogP contribution in [-0.4, -0.2) is 36.8 Å². The number of aromatic amines is 1. The molecule has 2 N–H and O–H groups in total. The third kappa shape index (κ3) is 3.95. The quantitative estimate of drug-likeness (QED) is 0.657. The van der Waals surface area contributed by atoms with Gasteiger partial charge in [0, 0.05) is 29.9 Å². The van der Waals surface area contributed by atoms with Crippen LogP contribution in [0.5, 0.6) is 0 Å². The van der Waals surface area contributed by atoms with Crippen LogP contribution in [0.15, 0.2) is 60.8 Å². The molecule has 1 atom stereocenters. The van der Waals surface area contributed by atoms with Crippen molar-refractivity contribution in [2.45, 2.75) is 18.4 Å². The highest BCUT2D eigenvalue weighted by Crippen LogP contribution is 2.26. The average Bonchev–Trinajstić information content (AvgIpc) is 3.10. The van der Waals surface area contributed by atoms with Crippen molar-refractivity contribution >= 4 is 23.0 Å². The lowest BCUT2D eigenvalue weighted by molar-refractivity contribution is -0.148. The third-order valence-electron chi connectivity index (χ3n) is 4.62. The van der Waals surface area contributed by atoms with E-state index in [1.54, 1.807) is 0 Å². The van der Waals surface area contributed by atoms with Gasteiger partial charge in [-0.1, -0.05) is 48.5 Å². The zero-order chi connectivity index (χ0) is 19.3. The first-order valence-corrected chi connectivity index (χ1v) is 8.61. The Hall–Kier alpha value is -3.28. The first-order valence-electron chi connectivity index (χ1n) is 8.61. The molecule has 0 radical (unpaired) electrons. The monoisotopic (exact) mass is 366 g/mol. The van der Waals surface area contributed by atoms with Gasteiger partial charge in [0.25, 0.3) is 0 Å². The average molecular weight is 366 g/mol. The number of aromatic nitrogens is 1. The Morgan fingerprint density at radius 1 is 0.963 bits per heavy atom. The summed E-state index contributed by atoms with van der Waals surface area (Å²) in [4.78, 5) is 28.1. The molecule has 0 saturated heterocycles. The van der Waals surface area contributed by atoms with Crippen molar-refractivity contribution < 1.29 is 19.1 Å². The first kappa shape index (κ1) is 18.5. The largest absolute Gasteiger partial charge is 0.467 e. The number of rotatable bonds is 6. The van der Waals surface area contributed by atoms with Gasteiger partial charge in [-0.2, -0.15) is 0 Å². The molecular formula is C21H22N2O4. The molecule has 3 aromatic rings. The molecule has 2 aromatic carbocycles. The molecule has 140 valence electrons. The highest BCUT2D eigenvalue weighted by molar-refractivity contribution is 5.89. The molecule has 6 nitrogen and oxygen atoms in total. The molecule has 1 heterocycles. The normalized spacial score (nSPS) is 13.0. The second-order valence-corrected chi connectivity index (χ2v) is 6.39. The van der Waals surface area contributed by atoms with Crippen LogP contribution in [0.4, 0.5) is 4.79 Å². The Labute approximate surface area is 157 Å². The summed E-state index contributed by atoms with van der Waals surface area (Å²) in [7, 11) is 2.59. The topological polar surface area (TPSA) is 80.4 Å². The van der Waals surface area contributed by atoms with Crippen molar-refractivity contribution in [3.8, 4) is 0 Å². The van der Waals surface area contributed by atoms with E-state index in [0.29, 0.717) is 0 Å². The van der Waals surface area contributed by atoms with Gasteiger partial charge in [-0.15, -0.1) is 0 Å². The Kier molecular flexibility index (Phi) is 5.45. The molecule has 0 aliphatic heterocycles. The maximum atomic E-state index is 12.8. The van der Waals surface area contributed by atoms with Crippen LogP contribution in [0, 0.1) is 0 Å². The van der Waals surface area contributed by atoms with Gasteiger partial charge < -0.3 is 19.8 Å². The fourth-order valence-corrected chi connectivity index (χ4v) is 3.34. The number of H-pyrrole nitrogens is 1. The van der Waals surface area contributed by atoms with E-state index < -0.39 is 17.6 Å². The van der Waals surface area contributed by atoms with Crippen molar-refractivity contribution in [3.63, 3.8) is 0 Å². The number of ether oxygens (including phenoxy) is 2. The number of benzene rings is 2. The van der Waals surface area contributed by atoms with Crippen LogP contribution < -0.4 is 5.32 Å². The van der Waals surface area contributed by atoms with Gasteiger partial charge in [-0.3, -0.25) is 0 Å². The molecule has 3 rings (SSSR count). The van der Waals surface area contributed by atoms with E-state index in [0.717, 1.165) is 22.0 Å².